The van der Waals surface area contributed by atoms with Gasteiger partial charge in [0.15, 0.2) is 0 Å². The Labute approximate surface area is 137 Å². The predicted octanol–water partition coefficient (Wildman–Crippen LogP) is 5.35. The molecule has 0 N–H and O–H groups in total. The lowest BCUT2D eigenvalue weighted by molar-refractivity contribution is 1.06. The summed E-state index contributed by atoms with van der Waals surface area (Å²) in [6.45, 7) is 0. The maximum Gasteiger partial charge on any atom is 0.0717 e. The van der Waals surface area contributed by atoms with Gasteiger partial charge in [-0.15, -0.1) is 0 Å². The third-order valence-electron chi connectivity index (χ3n) is 4.19. The van der Waals surface area contributed by atoms with Gasteiger partial charge in [0.1, 0.15) is 0 Å². The average Bonchev–Trinajstić information content (AvgIpc) is 2.78. The smallest absolute Gasteiger partial charge is 0.0717 e. The quantitative estimate of drug-likeness (QED) is 0.490. The summed E-state index contributed by atoms with van der Waals surface area (Å²) >= 11 is 0. The molecule has 0 atom stereocenters. The van der Waals surface area contributed by atoms with Gasteiger partial charge in [-0.3, -0.25) is 0 Å². The van der Waals surface area contributed by atoms with Crippen molar-refractivity contribution in [3.05, 3.63) is 107 Å². The van der Waals surface area contributed by atoms with E-state index in [-0.39, 0.29) is 5.92 Å². The second-order valence-electron chi connectivity index (χ2n) is 5.66. The summed E-state index contributed by atoms with van der Waals surface area (Å²) in [6, 6.07) is 27.2. The second-order valence-corrected chi connectivity index (χ2v) is 5.66. The zero-order chi connectivity index (χ0) is 15.5. The maximum absolute atomic E-state index is 3.50. The molecular weight excluding hydrogens is 276 g/mol. The molecule has 0 nitrogen and oxygen atoms in total. The molecule has 0 unspecified atom stereocenters. The van der Waals surface area contributed by atoms with Crippen LogP contribution in [-0.2, 0) is 0 Å². The van der Waals surface area contributed by atoms with Gasteiger partial charge in [-0.05, 0) is 34.4 Å². The van der Waals surface area contributed by atoms with E-state index in [1.807, 2.05) is 18.2 Å². The Hall–Kier alpha value is -3.04. The van der Waals surface area contributed by atoms with Gasteiger partial charge in [-0.25, -0.2) is 0 Å². The van der Waals surface area contributed by atoms with E-state index in [4.69, 9.17) is 0 Å². The van der Waals surface area contributed by atoms with Gasteiger partial charge in [-0.2, -0.15) is 0 Å². The molecule has 3 aromatic rings. The summed E-state index contributed by atoms with van der Waals surface area (Å²) in [7, 11) is 0. The highest BCUT2D eigenvalue weighted by Gasteiger charge is 2.18. The van der Waals surface area contributed by atoms with E-state index in [0.717, 1.165) is 5.56 Å². The van der Waals surface area contributed by atoms with E-state index < -0.39 is 0 Å². The number of hydrogen-bond donors (Lipinski definition) is 0. The minimum atomic E-state index is 0.0950. The molecule has 0 radical (unpaired) electrons. The van der Waals surface area contributed by atoms with Crippen molar-refractivity contribution < 1.29 is 0 Å². The van der Waals surface area contributed by atoms with Crippen LogP contribution < -0.4 is 0 Å². The fourth-order valence-electron chi connectivity index (χ4n) is 3.03. The molecule has 0 amide bonds. The summed E-state index contributed by atoms with van der Waals surface area (Å²) in [4.78, 5) is 0. The van der Waals surface area contributed by atoms with Crippen LogP contribution in [0.15, 0.2) is 78.9 Å². The molecule has 4 rings (SSSR count). The fraction of sp³-hybridized carbons (Fsp3) is 0.0435. The summed E-state index contributed by atoms with van der Waals surface area (Å²) in [6.07, 6.45) is 4.39. The minimum Gasteiger partial charge on any atom is -0.0848 e. The first-order valence-corrected chi connectivity index (χ1v) is 7.84. The van der Waals surface area contributed by atoms with Crippen LogP contribution in [0.5, 0.6) is 0 Å². The zero-order valence-corrected chi connectivity index (χ0v) is 12.7. The van der Waals surface area contributed by atoms with E-state index in [2.05, 4.69) is 84.7 Å². The molecule has 1 aliphatic carbocycles. The maximum atomic E-state index is 3.50. The van der Waals surface area contributed by atoms with Crippen LogP contribution >= 0.6 is 0 Å². The molecule has 3 aromatic carbocycles. The Balaban J connectivity index is 1.88. The van der Waals surface area contributed by atoms with Crippen molar-refractivity contribution in [3.8, 4) is 11.8 Å². The molecule has 0 aliphatic heterocycles. The predicted molar refractivity (Wildman–Crippen MR) is 97.0 cm³/mol. The van der Waals surface area contributed by atoms with Crippen molar-refractivity contribution in [1.82, 2.24) is 0 Å². The van der Waals surface area contributed by atoms with Gasteiger partial charge >= 0.3 is 0 Å². The molecule has 108 valence electrons. The van der Waals surface area contributed by atoms with E-state index >= 15 is 0 Å². The van der Waals surface area contributed by atoms with Crippen LogP contribution in [0.3, 0.4) is 0 Å². The number of fused-ring (bicyclic) bond motifs is 2. The van der Waals surface area contributed by atoms with Crippen LogP contribution in [0.4, 0.5) is 0 Å². The van der Waals surface area contributed by atoms with E-state index in [1.165, 1.54) is 22.3 Å². The molecule has 0 saturated carbocycles. The molecule has 1 aliphatic rings. The molecule has 0 aromatic heterocycles. The first-order chi connectivity index (χ1) is 11.4. The molecule has 0 saturated heterocycles. The Kier molecular flexibility index (Phi) is 3.54. The molecule has 0 heterocycles. The van der Waals surface area contributed by atoms with Gasteiger partial charge in [-0.1, -0.05) is 90.7 Å². The number of rotatable bonds is 0. The zero-order valence-electron chi connectivity index (χ0n) is 12.7. The highest BCUT2D eigenvalue weighted by Crippen LogP contribution is 2.33. The van der Waals surface area contributed by atoms with Crippen LogP contribution in [-0.4, -0.2) is 0 Å². The third-order valence-corrected chi connectivity index (χ3v) is 4.19. The first kappa shape index (κ1) is 13.6. The second kappa shape index (κ2) is 5.99. The van der Waals surface area contributed by atoms with Crippen LogP contribution in [0.2, 0.25) is 0 Å². The van der Waals surface area contributed by atoms with Gasteiger partial charge < -0.3 is 0 Å². The Morgan fingerprint density at radius 1 is 0.565 bits per heavy atom. The lowest BCUT2D eigenvalue weighted by atomic mass is 9.88. The topological polar surface area (TPSA) is 0 Å². The van der Waals surface area contributed by atoms with Crippen molar-refractivity contribution in [2.45, 2.75) is 5.92 Å². The molecule has 0 heteroatoms. The summed E-state index contributed by atoms with van der Waals surface area (Å²) in [5, 5.41) is 0. The molecular formula is C23H16. The normalized spacial score (nSPS) is 12.5. The fourth-order valence-corrected chi connectivity index (χ4v) is 3.03. The van der Waals surface area contributed by atoms with Crippen molar-refractivity contribution in [1.29, 1.82) is 0 Å². The Morgan fingerprint density at radius 3 is 1.70 bits per heavy atom. The van der Waals surface area contributed by atoms with E-state index in [0.29, 0.717) is 0 Å². The van der Waals surface area contributed by atoms with Gasteiger partial charge in [0.2, 0.25) is 0 Å². The monoisotopic (exact) mass is 292 g/mol. The van der Waals surface area contributed by atoms with Crippen LogP contribution in [0.25, 0.3) is 12.2 Å². The van der Waals surface area contributed by atoms with Crippen LogP contribution in [0, 0.1) is 11.8 Å². The minimum absolute atomic E-state index is 0.0950. The molecule has 0 spiro atoms. The molecule has 0 bridgehead atoms. The lowest BCUT2D eigenvalue weighted by Gasteiger charge is -2.14. The standard InChI is InChI=1S/C23H16/c1-2-8-18(9-3-1)14-17-23-21-12-6-4-10-19(21)15-16-20-11-5-7-13-22(20)23/h1-13,15-16,23H. The summed E-state index contributed by atoms with van der Waals surface area (Å²) < 4.78 is 0. The Morgan fingerprint density at radius 2 is 1.09 bits per heavy atom. The molecule has 0 fully saturated rings. The van der Waals surface area contributed by atoms with Gasteiger partial charge in [0.05, 0.1) is 5.92 Å². The van der Waals surface area contributed by atoms with Crippen molar-refractivity contribution in [3.63, 3.8) is 0 Å². The van der Waals surface area contributed by atoms with Crippen molar-refractivity contribution in [2.24, 2.45) is 0 Å². The van der Waals surface area contributed by atoms with Gasteiger partial charge in [0.25, 0.3) is 0 Å². The number of hydrogen-bond acceptors (Lipinski definition) is 0. The van der Waals surface area contributed by atoms with E-state index in [9.17, 15) is 0 Å². The SMILES string of the molecule is C(#CC1c2ccccc2C=Cc2ccccc21)c1ccccc1. The van der Waals surface area contributed by atoms with Crippen molar-refractivity contribution in [2.75, 3.05) is 0 Å². The first-order valence-electron chi connectivity index (χ1n) is 7.84. The number of benzene rings is 3. The van der Waals surface area contributed by atoms with E-state index in [1.54, 1.807) is 0 Å². The van der Waals surface area contributed by atoms with Crippen LogP contribution in [0.1, 0.15) is 33.7 Å². The van der Waals surface area contributed by atoms with Crippen molar-refractivity contribution >= 4 is 12.2 Å². The third kappa shape index (κ3) is 2.70. The Bertz CT molecular complexity index is 871. The average molecular weight is 292 g/mol. The largest absolute Gasteiger partial charge is 0.0848 e. The van der Waals surface area contributed by atoms with Gasteiger partial charge in [0, 0.05) is 5.56 Å². The summed E-state index contributed by atoms with van der Waals surface area (Å²) in [5.74, 6) is 6.94. The highest BCUT2D eigenvalue weighted by atomic mass is 14.2. The molecule has 23 heavy (non-hydrogen) atoms. The summed E-state index contributed by atoms with van der Waals surface area (Å²) in [5.41, 5.74) is 6.10. The highest BCUT2D eigenvalue weighted by molar-refractivity contribution is 5.77. The lowest BCUT2D eigenvalue weighted by Crippen LogP contribution is -2.01.